The summed E-state index contributed by atoms with van der Waals surface area (Å²) in [5.41, 5.74) is 0. The van der Waals surface area contributed by atoms with Gasteiger partial charge in [-0.1, -0.05) is 11.6 Å². The molecule has 0 aliphatic carbocycles. The van der Waals surface area contributed by atoms with E-state index in [-0.39, 0.29) is 17.2 Å². The van der Waals surface area contributed by atoms with Gasteiger partial charge in [-0.2, -0.15) is 0 Å². The first-order valence-electron chi connectivity index (χ1n) is 6.13. The lowest BCUT2D eigenvalue weighted by Crippen LogP contribution is -2.22. The van der Waals surface area contributed by atoms with Gasteiger partial charge in [0.2, 0.25) is 5.91 Å². The van der Waals surface area contributed by atoms with Gasteiger partial charge in [-0.05, 0) is 25.7 Å². The SMILES string of the molecule is O=C(CCC1CCCCO1)Nc1nccnc1Cl. The molecule has 0 radical (unpaired) electrons. The smallest absolute Gasteiger partial charge is 0.225 e. The summed E-state index contributed by atoms with van der Waals surface area (Å²) in [7, 11) is 0. The van der Waals surface area contributed by atoms with E-state index in [1.54, 1.807) is 0 Å². The quantitative estimate of drug-likeness (QED) is 0.912. The van der Waals surface area contributed by atoms with E-state index in [0.29, 0.717) is 12.2 Å². The fraction of sp³-hybridized carbons (Fsp3) is 0.583. The highest BCUT2D eigenvalue weighted by atomic mass is 35.5. The molecule has 1 saturated heterocycles. The monoisotopic (exact) mass is 269 g/mol. The van der Waals surface area contributed by atoms with Gasteiger partial charge in [0.15, 0.2) is 11.0 Å². The number of rotatable bonds is 4. The minimum absolute atomic E-state index is 0.105. The number of nitrogens with one attached hydrogen (secondary N) is 1. The highest BCUT2D eigenvalue weighted by molar-refractivity contribution is 6.32. The summed E-state index contributed by atoms with van der Waals surface area (Å²) >= 11 is 5.80. The number of nitrogens with zero attached hydrogens (tertiary/aromatic N) is 2. The van der Waals surface area contributed by atoms with Crippen LogP contribution in [-0.2, 0) is 9.53 Å². The van der Waals surface area contributed by atoms with Crippen LogP contribution in [0.15, 0.2) is 12.4 Å². The van der Waals surface area contributed by atoms with E-state index in [1.807, 2.05) is 0 Å². The maximum atomic E-state index is 11.7. The molecule has 2 heterocycles. The van der Waals surface area contributed by atoms with E-state index in [0.717, 1.165) is 25.9 Å². The molecule has 1 atom stereocenters. The van der Waals surface area contributed by atoms with Crippen molar-refractivity contribution in [2.24, 2.45) is 0 Å². The van der Waals surface area contributed by atoms with Crippen molar-refractivity contribution in [2.45, 2.75) is 38.2 Å². The Labute approximate surface area is 111 Å². The molecule has 1 amide bonds. The van der Waals surface area contributed by atoms with Gasteiger partial charge in [0.1, 0.15) is 0 Å². The van der Waals surface area contributed by atoms with E-state index < -0.39 is 0 Å². The average Bonchev–Trinajstić information content (AvgIpc) is 2.40. The van der Waals surface area contributed by atoms with Crippen molar-refractivity contribution >= 4 is 23.3 Å². The summed E-state index contributed by atoms with van der Waals surface area (Å²) in [5.74, 6) is 0.209. The lowest BCUT2D eigenvalue weighted by molar-refractivity contribution is -0.117. The van der Waals surface area contributed by atoms with Crippen LogP contribution in [0.1, 0.15) is 32.1 Å². The van der Waals surface area contributed by atoms with E-state index in [1.165, 1.54) is 18.8 Å². The summed E-state index contributed by atoms with van der Waals surface area (Å²) < 4.78 is 5.57. The second-order valence-electron chi connectivity index (χ2n) is 4.27. The zero-order chi connectivity index (χ0) is 12.8. The molecule has 1 aliphatic rings. The first-order valence-corrected chi connectivity index (χ1v) is 6.51. The van der Waals surface area contributed by atoms with E-state index in [9.17, 15) is 4.79 Å². The van der Waals surface area contributed by atoms with Crippen LogP contribution in [0.3, 0.4) is 0 Å². The number of halogens is 1. The van der Waals surface area contributed by atoms with Crippen LogP contribution in [0.5, 0.6) is 0 Å². The standard InChI is InChI=1S/C12H16ClN3O2/c13-11-12(15-7-6-14-11)16-10(17)5-4-9-3-1-2-8-18-9/h6-7,9H,1-5,8H2,(H,15,16,17). The molecule has 2 rings (SSSR count). The molecule has 1 aliphatic heterocycles. The molecule has 1 fully saturated rings. The number of carbonyl (C=O) groups is 1. The molecule has 1 N–H and O–H groups in total. The van der Waals surface area contributed by atoms with Crippen molar-refractivity contribution in [3.63, 3.8) is 0 Å². The zero-order valence-electron chi connectivity index (χ0n) is 10.1. The molecule has 0 saturated carbocycles. The third kappa shape index (κ3) is 3.92. The predicted molar refractivity (Wildman–Crippen MR) is 68.5 cm³/mol. The summed E-state index contributed by atoms with van der Waals surface area (Å²) in [4.78, 5) is 19.5. The normalized spacial score (nSPS) is 19.5. The van der Waals surface area contributed by atoms with Crippen LogP contribution in [0, 0.1) is 0 Å². The Morgan fingerprint density at radius 3 is 3.00 bits per heavy atom. The molecule has 0 aromatic carbocycles. The third-order valence-electron chi connectivity index (χ3n) is 2.88. The summed E-state index contributed by atoms with van der Waals surface area (Å²) in [5, 5.41) is 2.86. The Morgan fingerprint density at radius 2 is 2.28 bits per heavy atom. The van der Waals surface area contributed by atoms with Gasteiger partial charge in [0.05, 0.1) is 6.10 Å². The van der Waals surface area contributed by atoms with Crippen LogP contribution < -0.4 is 5.32 Å². The Bertz CT molecular complexity index is 408. The summed E-state index contributed by atoms with van der Waals surface area (Å²) in [6.45, 7) is 0.808. The van der Waals surface area contributed by atoms with Crippen LogP contribution in [-0.4, -0.2) is 28.6 Å². The van der Waals surface area contributed by atoms with Crippen LogP contribution in [0.25, 0.3) is 0 Å². The Balaban J connectivity index is 1.76. The molecule has 18 heavy (non-hydrogen) atoms. The van der Waals surface area contributed by atoms with E-state index >= 15 is 0 Å². The maximum absolute atomic E-state index is 11.7. The second kappa shape index (κ2) is 6.66. The minimum Gasteiger partial charge on any atom is -0.378 e. The molecule has 5 nitrogen and oxygen atoms in total. The van der Waals surface area contributed by atoms with Gasteiger partial charge < -0.3 is 10.1 Å². The van der Waals surface area contributed by atoms with Crippen LogP contribution in [0.4, 0.5) is 5.82 Å². The van der Waals surface area contributed by atoms with Crippen molar-refractivity contribution in [1.82, 2.24) is 9.97 Å². The van der Waals surface area contributed by atoms with Crippen molar-refractivity contribution in [3.8, 4) is 0 Å². The molecule has 1 aromatic heterocycles. The lowest BCUT2D eigenvalue weighted by atomic mass is 10.0. The van der Waals surface area contributed by atoms with E-state index in [2.05, 4.69) is 15.3 Å². The Hall–Kier alpha value is -1.20. The molecule has 1 unspecified atom stereocenters. The number of carbonyl (C=O) groups excluding carboxylic acids is 1. The van der Waals surface area contributed by atoms with Gasteiger partial charge in [0.25, 0.3) is 0 Å². The Kier molecular flexibility index (Phi) is 4.90. The van der Waals surface area contributed by atoms with Crippen molar-refractivity contribution in [2.75, 3.05) is 11.9 Å². The summed E-state index contributed by atoms with van der Waals surface area (Å²) in [6.07, 6.45) is 7.68. The molecule has 1 aromatic rings. The van der Waals surface area contributed by atoms with Crippen LogP contribution in [0.2, 0.25) is 5.15 Å². The van der Waals surface area contributed by atoms with Crippen molar-refractivity contribution in [1.29, 1.82) is 0 Å². The van der Waals surface area contributed by atoms with Gasteiger partial charge >= 0.3 is 0 Å². The third-order valence-corrected chi connectivity index (χ3v) is 3.16. The molecule has 98 valence electrons. The molecule has 6 heteroatoms. The molecule has 0 spiro atoms. The summed E-state index contributed by atoms with van der Waals surface area (Å²) in [6, 6.07) is 0. The molecule has 0 bridgehead atoms. The lowest BCUT2D eigenvalue weighted by Gasteiger charge is -2.22. The number of hydrogen-bond acceptors (Lipinski definition) is 4. The van der Waals surface area contributed by atoms with Crippen molar-refractivity contribution < 1.29 is 9.53 Å². The van der Waals surface area contributed by atoms with Crippen LogP contribution >= 0.6 is 11.6 Å². The fourth-order valence-electron chi connectivity index (χ4n) is 1.93. The molecular formula is C12H16ClN3O2. The number of ether oxygens (including phenoxy) is 1. The van der Waals surface area contributed by atoms with Gasteiger partial charge in [-0.15, -0.1) is 0 Å². The highest BCUT2D eigenvalue weighted by Gasteiger charge is 2.16. The largest absolute Gasteiger partial charge is 0.378 e. The number of hydrogen-bond donors (Lipinski definition) is 1. The number of aromatic nitrogens is 2. The fourth-order valence-corrected chi connectivity index (χ4v) is 2.08. The number of anilines is 1. The zero-order valence-corrected chi connectivity index (χ0v) is 10.8. The molecular weight excluding hydrogens is 254 g/mol. The first-order chi connectivity index (χ1) is 8.75. The van der Waals surface area contributed by atoms with Gasteiger partial charge in [-0.25, -0.2) is 9.97 Å². The first kappa shape index (κ1) is 13.2. The van der Waals surface area contributed by atoms with Crippen molar-refractivity contribution in [3.05, 3.63) is 17.5 Å². The second-order valence-corrected chi connectivity index (χ2v) is 4.63. The van der Waals surface area contributed by atoms with Gasteiger partial charge in [0, 0.05) is 25.4 Å². The topological polar surface area (TPSA) is 64.1 Å². The predicted octanol–water partition coefficient (Wildman–Crippen LogP) is 2.42. The minimum atomic E-state index is -0.105. The number of amides is 1. The average molecular weight is 270 g/mol. The highest BCUT2D eigenvalue weighted by Crippen LogP contribution is 2.18. The van der Waals surface area contributed by atoms with E-state index in [4.69, 9.17) is 16.3 Å². The Morgan fingerprint density at radius 1 is 1.44 bits per heavy atom. The van der Waals surface area contributed by atoms with Gasteiger partial charge in [-0.3, -0.25) is 4.79 Å². The maximum Gasteiger partial charge on any atom is 0.225 e.